The van der Waals surface area contributed by atoms with Gasteiger partial charge >= 0.3 is 0 Å². The highest BCUT2D eigenvalue weighted by molar-refractivity contribution is 7.89. The summed E-state index contributed by atoms with van der Waals surface area (Å²) < 4.78 is 26.1. The average molecular weight is 431 g/mol. The third kappa shape index (κ3) is 4.69. The van der Waals surface area contributed by atoms with Gasteiger partial charge in [0.15, 0.2) is 0 Å². The number of benzene rings is 1. The Balaban J connectivity index is 1.79. The largest absolute Gasteiger partial charge is 0.325 e. The van der Waals surface area contributed by atoms with E-state index >= 15 is 0 Å². The SMILES string of the molecule is Cc1cc(S(=O)(=O)N(C)C)cc(NC(=O)Cc2csc(-c3cccnc3)n2)c1C. The van der Waals surface area contributed by atoms with Crippen molar-refractivity contribution in [1.82, 2.24) is 14.3 Å². The molecule has 0 aliphatic carbocycles. The molecular weight excluding hydrogens is 408 g/mol. The van der Waals surface area contributed by atoms with Gasteiger partial charge in [-0.3, -0.25) is 9.78 Å². The molecular formula is C20H22N4O3S2. The van der Waals surface area contributed by atoms with Crippen molar-refractivity contribution < 1.29 is 13.2 Å². The molecule has 2 heterocycles. The summed E-state index contributed by atoms with van der Waals surface area (Å²) >= 11 is 1.45. The van der Waals surface area contributed by atoms with E-state index in [1.54, 1.807) is 18.5 Å². The lowest BCUT2D eigenvalue weighted by Gasteiger charge is -2.16. The monoisotopic (exact) mass is 430 g/mol. The van der Waals surface area contributed by atoms with Gasteiger partial charge in [0.2, 0.25) is 15.9 Å². The van der Waals surface area contributed by atoms with E-state index in [0.29, 0.717) is 11.4 Å². The number of carbonyl (C=O) groups is 1. The molecule has 0 saturated heterocycles. The van der Waals surface area contributed by atoms with Crippen LogP contribution in [-0.4, -0.2) is 42.7 Å². The molecule has 1 amide bonds. The molecule has 9 heteroatoms. The summed E-state index contributed by atoms with van der Waals surface area (Å²) in [5, 5.41) is 5.47. The minimum Gasteiger partial charge on any atom is -0.325 e. The van der Waals surface area contributed by atoms with Crippen molar-refractivity contribution in [2.75, 3.05) is 19.4 Å². The molecule has 0 aliphatic heterocycles. The zero-order valence-corrected chi connectivity index (χ0v) is 18.3. The predicted molar refractivity (Wildman–Crippen MR) is 114 cm³/mol. The summed E-state index contributed by atoms with van der Waals surface area (Å²) in [6, 6.07) is 6.86. The van der Waals surface area contributed by atoms with Crippen LogP contribution in [0.15, 0.2) is 46.9 Å². The van der Waals surface area contributed by atoms with Crippen molar-refractivity contribution >= 4 is 33.0 Å². The van der Waals surface area contributed by atoms with Gasteiger partial charge in [0.25, 0.3) is 0 Å². The van der Waals surface area contributed by atoms with Crippen LogP contribution in [0, 0.1) is 13.8 Å². The second-order valence-electron chi connectivity index (χ2n) is 6.81. The van der Waals surface area contributed by atoms with Gasteiger partial charge in [-0.2, -0.15) is 0 Å². The number of rotatable bonds is 6. The van der Waals surface area contributed by atoms with Gasteiger partial charge in [0, 0.05) is 43.1 Å². The molecule has 0 aliphatic rings. The first-order valence-electron chi connectivity index (χ1n) is 8.87. The predicted octanol–water partition coefficient (Wildman–Crippen LogP) is 3.25. The number of amides is 1. The van der Waals surface area contributed by atoms with Crippen LogP contribution in [0.25, 0.3) is 10.6 Å². The number of sulfonamides is 1. The normalized spacial score (nSPS) is 11.6. The van der Waals surface area contributed by atoms with E-state index in [-0.39, 0.29) is 17.2 Å². The first-order valence-corrected chi connectivity index (χ1v) is 11.2. The maximum Gasteiger partial charge on any atom is 0.242 e. The molecule has 29 heavy (non-hydrogen) atoms. The van der Waals surface area contributed by atoms with E-state index in [4.69, 9.17) is 0 Å². The van der Waals surface area contributed by atoms with Gasteiger partial charge < -0.3 is 5.32 Å². The van der Waals surface area contributed by atoms with Crippen molar-refractivity contribution in [3.05, 3.63) is 58.9 Å². The summed E-state index contributed by atoms with van der Waals surface area (Å²) in [5.74, 6) is -0.255. The molecule has 0 atom stereocenters. The summed E-state index contributed by atoms with van der Waals surface area (Å²) in [4.78, 5) is 21.3. The molecule has 7 nitrogen and oxygen atoms in total. The summed E-state index contributed by atoms with van der Waals surface area (Å²) in [6.45, 7) is 3.67. The van der Waals surface area contributed by atoms with Crippen LogP contribution in [0.2, 0.25) is 0 Å². The molecule has 0 fully saturated rings. The third-order valence-electron chi connectivity index (χ3n) is 4.50. The molecule has 1 N–H and O–H groups in total. The minimum absolute atomic E-state index is 0.0971. The quantitative estimate of drug-likeness (QED) is 0.648. The number of anilines is 1. The Labute approximate surface area is 174 Å². The number of pyridine rings is 1. The third-order valence-corrected chi connectivity index (χ3v) is 7.23. The average Bonchev–Trinajstić information content (AvgIpc) is 3.14. The Morgan fingerprint density at radius 3 is 2.66 bits per heavy atom. The van der Waals surface area contributed by atoms with Gasteiger partial charge in [0.1, 0.15) is 5.01 Å². The number of thiazole rings is 1. The van der Waals surface area contributed by atoms with E-state index in [2.05, 4.69) is 15.3 Å². The van der Waals surface area contributed by atoms with Crippen LogP contribution in [0.1, 0.15) is 16.8 Å². The Hall–Kier alpha value is -2.62. The van der Waals surface area contributed by atoms with Crippen molar-refractivity contribution in [2.45, 2.75) is 25.2 Å². The zero-order chi connectivity index (χ0) is 21.2. The van der Waals surface area contributed by atoms with E-state index < -0.39 is 10.0 Å². The van der Waals surface area contributed by atoms with Gasteiger partial charge in [-0.1, -0.05) is 0 Å². The molecule has 0 radical (unpaired) electrons. The second-order valence-corrected chi connectivity index (χ2v) is 9.82. The molecule has 3 rings (SSSR count). The maximum atomic E-state index is 12.6. The molecule has 3 aromatic rings. The standard InChI is InChI=1S/C20H22N4O3S2/c1-13-8-17(29(26,27)24(3)4)10-18(14(13)2)23-19(25)9-16-12-28-20(22-16)15-6-5-7-21-11-15/h5-8,10-12H,9H2,1-4H3,(H,23,25). The van der Waals surface area contributed by atoms with Crippen LogP contribution in [0.5, 0.6) is 0 Å². The van der Waals surface area contributed by atoms with Gasteiger partial charge in [-0.05, 0) is 49.2 Å². The molecule has 152 valence electrons. The van der Waals surface area contributed by atoms with Crippen molar-refractivity contribution in [3.8, 4) is 10.6 Å². The fraction of sp³-hybridized carbons (Fsp3) is 0.250. The lowest BCUT2D eigenvalue weighted by atomic mass is 10.1. The fourth-order valence-electron chi connectivity index (χ4n) is 2.68. The number of nitrogens with zero attached hydrogens (tertiary/aromatic N) is 3. The van der Waals surface area contributed by atoms with Gasteiger partial charge in [0.05, 0.1) is 17.0 Å². The molecule has 0 spiro atoms. The number of aryl methyl sites for hydroxylation is 1. The maximum absolute atomic E-state index is 12.6. The van der Waals surface area contributed by atoms with E-state index in [9.17, 15) is 13.2 Å². The molecule has 0 saturated carbocycles. The van der Waals surface area contributed by atoms with Crippen molar-refractivity contribution in [1.29, 1.82) is 0 Å². The number of aromatic nitrogens is 2. The Morgan fingerprint density at radius 2 is 2.00 bits per heavy atom. The molecule has 0 bridgehead atoms. The number of nitrogens with one attached hydrogen (secondary N) is 1. The summed E-state index contributed by atoms with van der Waals surface area (Å²) in [7, 11) is -0.641. The molecule has 2 aromatic heterocycles. The smallest absolute Gasteiger partial charge is 0.242 e. The second kappa shape index (κ2) is 8.40. The number of hydrogen-bond acceptors (Lipinski definition) is 6. The van der Waals surface area contributed by atoms with E-state index in [0.717, 1.165) is 26.0 Å². The topological polar surface area (TPSA) is 92.3 Å². The first kappa shape index (κ1) is 21.1. The van der Waals surface area contributed by atoms with E-state index in [1.807, 2.05) is 31.4 Å². The van der Waals surface area contributed by atoms with Crippen LogP contribution < -0.4 is 5.32 Å². The van der Waals surface area contributed by atoms with Crippen LogP contribution >= 0.6 is 11.3 Å². The zero-order valence-electron chi connectivity index (χ0n) is 16.6. The van der Waals surface area contributed by atoms with Crippen molar-refractivity contribution in [3.63, 3.8) is 0 Å². The highest BCUT2D eigenvalue weighted by Crippen LogP contribution is 2.26. The van der Waals surface area contributed by atoms with Crippen LogP contribution in [0.4, 0.5) is 5.69 Å². The Kier molecular flexibility index (Phi) is 6.11. The highest BCUT2D eigenvalue weighted by atomic mass is 32.2. The van der Waals surface area contributed by atoms with Crippen LogP contribution in [0.3, 0.4) is 0 Å². The summed E-state index contributed by atoms with van der Waals surface area (Å²) in [6.07, 6.45) is 3.52. The number of carbonyl (C=O) groups excluding carboxylic acids is 1. The van der Waals surface area contributed by atoms with Gasteiger partial charge in [-0.25, -0.2) is 17.7 Å². The fourth-order valence-corrected chi connectivity index (χ4v) is 4.51. The van der Waals surface area contributed by atoms with Crippen molar-refractivity contribution in [2.24, 2.45) is 0 Å². The van der Waals surface area contributed by atoms with Gasteiger partial charge in [-0.15, -0.1) is 11.3 Å². The number of hydrogen-bond donors (Lipinski definition) is 1. The Bertz CT molecular complexity index is 1140. The molecule has 1 aromatic carbocycles. The lowest BCUT2D eigenvalue weighted by molar-refractivity contribution is -0.115. The van der Waals surface area contributed by atoms with Crippen LogP contribution in [-0.2, 0) is 21.2 Å². The summed E-state index contributed by atoms with van der Waals surface area (Å²) in [5.41, 5.74) is 3.65. The minimum atomic E-state index is -3.60. The van der Waals surface area contributed by atoms with E-state index in [1.165, 1.54) is 31.5 Å². The lowest BCUT2D eigenvalue weighted by Crippen LogP contribution is -2.23. The Morgan fingerprint density at radius 1 is 1.24 bits per heavy atom. The molecule has 0 unspecified atom stereocenters. The highest BCUT2D eigenvalue weighted by Gasteiger charge is 2.20. The first-order chi connectivity index (χ1) is 13.7.